The summed E-state index contributed by atoms with van der Waals surface area (Å²) in [5.74, 6) is 1.98. The van der Waals surface area contributed by atoms with Gasteiger partial charge in [-0.15, -0.1) is 0 Å². The van der Waals surface area contributed by atoms with Gasteiger partial charge < -0.3 is 5.32 Å². The Bertz CT molecular complexity index is 283. The van der Waals surface area contributed by atoms with Crippen molar-refractivity contribution in [2.75, 3.05) is 13.1 Å². The minimum absolute atomic E-state index is 0.644. The van der Waals surface area contributed by atoms with Crippen LogP contribution in [0.15, 0.2) is 0 Å². The molecule has 3 rings (SSSR count). The Morgan fingerprint density at radius 2 is 1.74 bits per heavy atom. The molecule has 1 heterocycles. The predicted molar refractivity (Wildman–Crippen MR) is 81.3 cm³/mol. The van der Waals surface area contributed by atoms with Gasteiger partial charge in [0, 0.05) is 18.1 Å². The summed E-state index contributed by atoms with van der Waals surface area (Å²) in [5.41, 5.74) is 0. The van der Waals surface area contributed by atoms with Crippen molar-refractivity contribution in [2.24, 2.45) is 11.8 Å². The third-order valence-corrected chi connectivity index (χ3v) is 5.88. The average molecular weight is 264 g/mol. The molecule has 0 aromatic carbocycles. The third-order valence-electron chi connectivity index (χ3n) is 5.88. The van der Waals surface area contributed by atoms with E-state index in [9.17, 15) is 0 Å². The van der Waals surface area contributed by atoms with Gasteiger partial charge in [0.1, 0.15) is 0 Å². The highest BCUT2D eigenvalue weighted by molar-refractivity contribution is 4.97. The second-order valence-corrected chi connectivity index (χ2v) is 7.46. The molecule has 0 spiro atoms. The van der Waals surface area contributed by atoms with Crippen molar-refractivity contribution < 1.29 is 0 Å². The van der Waals surface area contributed by atoms with E-state index in [1.54, 1.807) is 0 Å². The zero-order chi connectivity index (χ0) is 13.2. The molecule has 2 saturated carbocycles. The number of hydrogen-bond donors (Lipinski definition) is 1. The normalized spacial score (nSPS) is 37.1. The molecule has 0 aromatic rings. The zero-order valence-electron chi connectivity index (χ0n) is 12.9. The molecule has 0 amide bonds. The van der Waals surface area contributed by atoms with Crippen LogP contribution in [0.5, 0.6) is 0 Å². The SMILES string of the molecule is CC(C)NCC1CCC1N1CCCC1C1CCCC1. The summed E-state index contributed by atoms with van der Waals surface area (Å²) in [6, 6.07) is 2.51. The topological polar surface area (TPSA) is 15.3 Å². The Morgan fingerprint density at radius 1 is 0.947 bits per heavy atom. The van der Waals surface area contributed by atoms with Gasteiger partial charge in [0.25, 0.3) is 0 Å². The summed E-state index contributed by atoms with van der Waals surface area (Å²) >= 11 is 0. The van der Waals surface area contributed by atoms with E-state index >= 15 is 0 Å². The Kier molecular flexibility index (Phi) is 4.48. The third kappa shape index (κ3) is 3.00. The molecule has 1 saturated heterocycles. The molecule has 2 aliphatic carbocycles. The van der Waals surface area contributed by atoms with E-state index in [0.29, 0.717) is 6.04 Å². The first-order valence-electron chi connectivity index (χ1n) is 8.75. The van der Waals surface area contributed by atoms with Crippen molar-refractivity contribution in [3.63, 3.8) is 0 Å². The minimum Gasteiger partial charge on any atom is -0.314 e. The maximum atomic E-state index is 3.66. The van der Waals surface area contributed by atoms with Gasteiger partial charge in [-0.2, -0.15) is 0 Å². The van der Waals surface area contributed by atoms with Gasteiger partial charge in [-0.25, -0.2) is 0 Å². The second kappa shape index (κ2) is 6.13. The van der Waals surface area contributed by atoms with Crippen LogP contribution in [0.2, 0.25) is 0 Å². The standard InChI is InChI=1S/C17H32N2/c1-13(2)18-12-15-9-10-17(15)19-11-5-8-16(19)14-6-3-4-7-14/h13-18H,3-12H2,1-2H3. The van der Waals surface area contributed by atoms with E-state index in [0.717, 1.165) is 23.9 Å². The van der Waals surface area contributed by atoms with Gasteiger partial charge >= 0.3 is 0 Å². The van der Waals surface area contributed by atoms with Crippen LogP contribution < -0.4 is 5.32 Å². The van der Waals surface area contributed by atoms with Crippen molar-refractivity contribution in [1.29, 1.82) is 0 Å². The quantitative estimate of drug-likeness (QED) is 0.818. The van der Waals surface area contributed by atoms with Crippen LogP contribution in [-0.4, -0.2) is 36.1 Å². The van der Waals surface area contributed by atoms with E-state index in [-0.39, 0.29) is 0 Å². The molecule has 0 bridgehead atoms. The van der Waals surface area contributed by atoms with Crippen LogP contribution in [0.25, 0.3) is 0 Å². The van der Waals surface area contributed by atoms with E-state index < -0.39 is 0 Å². The van der Waals surface area contributed by atoms with Crippen molar-refractivity contribution in [3.05, 3.63) is 0 Å². The predicted octanol–water partition coefficient (Wildman–Crippen LogP) is 3.42. The first kappa shape index (κ1) is 13.9. The van der Waals surface area contributed by atoms with Gasteiger partial charge in [-0.3, -0.25) is 4.90 Å². The molecule has 3 fully saturated rings. The first-order chi connectivity index (χ1) is 9.25. The van der Waals surface area contributed by atoms with E-state index in [1.165, 1.54) is 64.5 Å². The Morgan fingerprint density at radius 3 is 2.37 bits per heavy atom. The molecule has 1 N–H and O–H groups in total. The molecule has 2 heteroatoms. The molecular weight excluding hydrogens is 232 g/mol. The maximum absolute atomic E-state index is 3.66. The summed E-state index contributed by atoms with van der Waals surface area (Å²) < 4.78 is 0. The van der Waals surface area contributed by atoms with E-state index in [4.69, 9.17) is 0 Å². The monoisotopic (exact) mass is 264 g/mol. The van der Waals surface area contributed by atoms with Crippen LogP contribution in [0.1, 0.15) is 65.2 Å². The molecular formula is C17H32N2. The molecule has 3 aliphatic rings. The summed E-state index contributed by atoms with van der Waals surface area (Å²) in [7, 11) is 0. The first-order valence-corrected chi connectivity index (χ1v) is 8.75. The smallest absolute Gasteiger partial charge is 0.0139 e. The molecule has 110 valence electrons. The number of likely N-dealkylation sites (tertiary alicyclic amines) is 1. The summed E-state index contributed by atoms with van der Waals surface area (Å²) in [6.07, 6.45) is 11.9. The van der Waals surface area contributed by atoms with E-state index in [1.807, 2.05) is 0 Å². The van der Waals surface area contributed by atoms with Gasteiger partial charge in [0.05, 0.1) is 0 Å². The number of nitrogens with zero attached hydrogens (tertiary/aromatic N) is 1. The van der Waals surface area contributed by atoms with Gasteiger partial charge in [0.15, 0.2) is 0 Å². The van der Waals surface area contributed by atoms with E-state index in [2.05, 4.69) is 24.1 Å². The summed E-state index contributed by atoms with van der Waals surface area (Å²) in [5, 5.41) is 3.66. The average Bonchev–Trinajstić information content (AvgIpc) is 2.96. The largest absolute Gasteiger partial charge is 0.314 e. The summed E-state index contributed by atoms with van der Waals surface area (Å²) in [6.45, 7) is 7.18. The maximum Gasteiger partial charge on any atom is 0.0139 e. The fraction of sp³-hybridized carbons (Fsp3) is 1.00. The van der Waals surface area contributed by atoms with Crippen LogP contribution in [-0.2, 0) is 0 Å². The van der Waals surface area contributed by atoms with Crippen LogP contribution in [0, 0.1) is 11.8 Å². The van der Waals surface area contributed by atoms with Crippen molar-refractivity contribution in [1.82, 2.24) is 10.2 Å². The lowest BCUT2D eigenvalue weighted by molar-refractivity contribution is 0.0322. The lowest BCUT2D eigenvalue weighted by Crippen LogP contribution is -2.53. The molecule has 3 atom stereocenters. The van der Waals surface area contributed by atoms with Crippen LogP contribution >= 0.6 is 0 Å². The van der Waals surface area contributed by atoms with Crippen LogP contribution in [0.4, 0.5) is 0 Å². The highest BCUT2D eigenvalue weighted by Gasteiger charge is 2.42. The summed E-state index contributed by atoms with van der Waals surface area (Å²) in [4.78, 5) is 2.94. The number of hydrogen-bond acceptors (Lipinski definition) is 2. The highest BCUT2D eigenvalue weighted by atomic mass is 15.2. The van der Waals surface area contributed by atoms with Crippen molar-refractivity contribution in [3.8, 4) is 0 Å². The molecule has 2 nitrogen and oxygen atoms in total. The molecule has 0 radical (unpaired) electrons. The molecule has 1 aliphatic heterocycles. The number of nitrogens with one attached hydrogen (secondary N) is 1. The Hall–Kier alpha value is -0.0800. The molecule has 3 unspecified atom stereocenters. The van der Waals surface area contributed by atoms with Gasteiger partial charge in [0.2, 0.25) is 0 Å². The minimum atomic E-state index is 0.644. The fourth-order valence-corrected chi connectivity index (χ4v) is 4.69. The lowest BCUT2D eigenvalue weighted by atomic mass is 9.77. The Balaban J connectivity index is 1.55. The van der Waals surface area contributed by atoms with Crippen molar-refractivity contribution in [2.45, 2.75) is 83.3 Å². The fourth-order valence-electron chi connectivity index (χ4n) is 4.69. The molecule has 19 heavy (non-hydrogen) atoms. The highest BCUT2D eigenvalue weighted by Crippen LogP contribution is 2.41. The Labute approximate surface area is 119 Å². The zero-order valence-corrected chi connectivity index (χ0v) is 12.9. The van der Waals surface area contributed by atoms with Crippen molar-refractivity contribution >= 4 is 0 Å². The number of rotatable bonds is 5. The van der Waals surface area contributed by atoms with Crippen LogP contribution in [0.3, 0.4) is 0 Å². The second-order valence-electron chi connectivity index (χ2n) is 7.46. The lowest BCUT2D eigenvalue weighted by Gasteiger charge is -2.47. The molecule has 0 aromatic heterocycles. The van der Waals surface area contributed by atoms with Gasteiger partial charge in [-0.1, -0.05) is 26.7 Å². The van der Waals surface area contributed by atoms with Gasteiger partial charge in [-0.05, 0) is 63.5 Å².